The van der Waals surface area contributed by atoms with Crippen molar-refractivity contribution in [2.24, 2.45) is 0 Å². The largest absolute Gasteiger partial charge is 0.508 e. The molecule has 0 aliphatic rings. The molecule has 0 bridgehead atoms. The summed E-state index contributed by atoms with van der Waals surface area (Å²) < 4.78 is 1.89. The van der Waals surface area contributed by atoms with E-state index in [0.29, 0.717) is 11.5 Å². The van der Waals surface area contributed by atoms with Crippen molar-refractivity contribution in [1.82, 2.24) is 24.7 Å². The van der Waals surface area contributed by atoms with E-state index in [1.807, 2.05) is 30.7 Å². The van der Waals surface area contributed by atoms with Crippen LogP contribution in [0.5, 0.6) is 5.75 Å². The van der Waals surface area contributed by atoms with Crippen LogP contribution in [-0.4, -0.2) is 29.8 Å². The van der Waals surface area contributed by atoms with Gasteiger partial charge in [0, 0.05) is 16.9 Å². The van der Waals surface area contributed by atoms with Crippen LogP contribution in [-0.2, 0) is 0 Å². The van der Waals surface area contributed by atoms with Gasteiger partial charge in [0.2, 0.25) is 0 Å². The molecule has 0 aliphatic carbocycles. The third-order valence-electron chi connectivity index (χ3n) is 3.87. The molecule has 0 radical (unpaired) electrons. The van der Waals surface area contributed by atoms with E-state index in [2.05, 4.69) is 20.1 Å². The summed E-state index contributed by atoms with van der Waals surface area (Å²) >= 11 is 0. The number of aromatic hydroxyl groups is 1. The molecule has 3 aromatic heterocycles. The summed E-state index contributed by atoms with van der Waals surface area (Å²) in [5, 5.41) is 15.9. The average molecular weight is 308 g/mol. The number of nitrogens with one attached hydrogen (secondary N) is 1. The summed E-state index contributed by atoms with van der Waals surface area (Å²) in [4.78, 5) is 11.7. The van der Waals surface area contributed by atoms with Crippen molar-refractivity contribution in [3.8, 4) is 17.1 Å². The average Bonchev–Trinajstić information content (AvgIpc) is 3.08. The molecule has 7 heteroatoms. The van der Waals surface area contributed by atoms with Gasteiger partial charge in [0.1, 0.15) is 17.9 Å². The van der Waals surface area contributed by atoms with Gasteiger partial charge in [-0.2, -0.15) is 5.10 Å². The number of fused-ring (bicyclic) bond motifs is 2. The van der Waals surface area contributed by atoms with Crippen LogP contribution in [0.2, 0.25) is 0 Å². The maximum absolute atomic E-state index is 9.66. The van der Waals surface area contributed by atoms with Crippen LogP contribution in [0.15, 0.2) is 30.6 Å². The Bertz CT molecular complexity index is 1030. The predicted molar refractivity (Wildman–Crippen MR) is 89.1 cm³/mol. The monoisotopic (exact) mass is 308 g/mol. The van der Waals surface area contributed by atoms with Gasteiger partial charge >= 0.3 is 0 Å². The first-order valence-electron chi connectivity index (χ1n) is 7.35. The van der Waals surface area contributed by atoms with Crippen LogP contribution in [0.3, 0.4) is 0 Å². The van der Waals surface area contributed by atoms with Crippen LogP contribution < -0.4 is 5.73 Å². The van der Waals surface area contributed by atoms with Gasteiger partial charge in [0.05, 0.1) is 16.8 Å². The number of hydrogen-bond donors (Lipinski definition) is 3. The SMILES string of the molecule is CC(C)n1nc2ncnc(N)c2c1-c1cc2cc(O)ccc2[nH]1. The molecule has 4 N–H and O–H groups in total. The van der Waals surface area contributed by atoms with Gasteiger partial charge in [-0.3, -0.25) is 4.68 Å². The molecular formula is C16H16N6O. The first kappa shape index (κ1) is 13.6. The van der Waals surface area contributed by atoms with Crippen molar-refractivity contribution in [3.63, 3.8) is 0 Å². The van der Waals surface area contributed by atoms with E-state index in [9.17, 15) is 5.11 Å². The van der Waals surface area contributed by atoms with Crippen molar-refractivity contribution in [2.45, 2.75) is 19.9 Å². The third kappa shape index (κ3) is 2.01. The topological polar surface area (TPSA) is 106 Å². The van der Waals surface area contributed by atoms with Crippen molar-refractivity contribution >= 4 is 27.8 Å². The lowest BCUT2D eigenvalue weighted by Gasteiger charge is -2.09. The molecule has 0 saturated carbocycles. The Labute approximate surface area is 131 Å². The van der Waals surface area contributed by atoms with Gasteiger partial charge in [0.25, 0.3) is 0 Å². The predicted octanol–water partition coefficient (Wildman–Crippen LogP) is 2.84. The van der Waals surface area contributed by atoms with Crippen molar-refractivity contribution in [3.05, 3.63) is 30.6 Å². The highest BCUT2D eigenvalue weighted by atomic mass is 16.3. The lowest BCUT2D eigenvalue weighted by molar-refractivity contribution is 0.476. The van der Waals surface area contributed by atoms with Crippen molar-refractivity contribution in [1.29, 1.82) is 0 Å². The number of anilines is 1. The zero-order valence-corrected chi connectivity index (χ0v) is 12.8. The molecule has 0 atom stereocenters. The van der Waals surface area contributed by atoms with E-state index in [-0.39, 0.29) is 11.8 Å². The van der Waals surface area contributed by atoms with Crippen LogP contribution in [0.4, 0.5) is 5.82 Å². The highest BCUT2D eigenvalue weighted by molar-refractivity contribution is 6.00. The van der Waals surface area contributed by atoms with E-state index in [1.165, 1.54) is 6.33 Å². The second-order valence-electron chi connectivity index (χ2n) is 5.80. The zero-order valence-electron chi connectivity index (χ0n) is 12.8. The van der Waals surface area contributed by atoms with Crippen LogP contribution in [0.1, 0.15) is 19.9 Å². The zero-order chi connectivity index (χ0) is 16.1. The summed E-state index contributed by atoms with van der Waals surface area (Å²) in [5.41, 5.74) is 9.28. The molecule has 0 spiro atoms. The summed E-state index contributed by atoms with van der Waals surface area (Å²) in [7, 11) is 0. The Kier molecular flexibility index (Phi) is 2.77. The summed E-state index contributed by atoms with van der Waals surface area (Å²) in [6.07, 6.45) is 1.42. The number of aromatic nitrogens is 5. The number of phenolic OH excluding ortho intramolecular Hbond substituents is 1. The first-order valence-corrected chi connectivity index (χ1v) is 7.35. The molecule has 0 saturated heterocycles. The summed E-state index contributed by atoms with van der Waals surface area (Å²) in [6.45, 7) is 4.10. The summed E-state index contributed by atoms with van der Waals surface area (Å²) in [5.74, 6) is 0.631. The Morgan fingerprint density at radius 1 is 1.22 bits per heavy atom. The second-order valence-corrected chi connectivity index (χ2v) is 5.80. The fraction of sp³-hybridized carbons (Fsp3) is 0.188. The minimum atomic E-state index is 0.137. The molecule has 0 unspecified atom stereocenters. The van der Waals surface area contributed by atoms with Gasteiger partial charge in [-0.1, -0.05) is 0 Å². The van der Waals surface area contributed by atoms with Gasteiger partial charge in [-0.05, 0) is 38.1 Å². The quantitative estimate of drug-likeness (QED) is 0.528. The number of benzene rings is 1. The lowest BCUT2D eigenvalue weighted by Crippen LogP contribution is -2.05. The molecule has 116 valence electrons. The minimum absolute atomic E-state index is 0.137. The minimum Gasteiger partial charge on any atom is -0.508 e. The molecule has 4 rings (SSSR count). The standard InChI is InChI=1S/C16H16N6O/c1-8(2)22-14(13-15(17)18-7-19-16(13)21-22)12-6-9-5-10(23)3-4-11(9)20-12/h3-8,20,23H,1-2H3,(H2,17,18,19,21). The molecular weight excluding hydrogens is 292 g/mol. The number of rotatable bonds is 2. The first-order chi connectivity index (χ1) is 11.0. The van der Waals surface area contributed by atoms with Crippen LogP contribution >= 0.6 is 0 Å². The van der Waals surface area contributed by atoms with Gasteiger partial charge in [0.15, 0.2) is 5.65 Å². The molecule has 3 heterocycles. The number of H-pyrrole nitrogens is 1. The lowest BCUT2D eigenvalue weighted by atomic mass is 10.2. The maximum Gasteiger partial charge on any atom is 0.187 e. The number of nitrogens with zero attached hydrogens (tertiary/aromatic N) is 4. The number of hydrogen-bond acceptors (Lipinski definition) is 5. The smallest absolute Gasteiger partial charge is 0.187 e. The normalized spacial score (nSPS) is 11.8. The Hall–Kier alpha value is -3.09. The fourth-order valence-electron chi connectivity index (χ4n) is 2.84. The Morgan fingerprint density at radius 2 is 2.04 bits per heavy atom. The number of nitrogens with two attached hydrogens (primary N) is 1. The Balaban J connectivity index is 2.07. The van der Waals surface area contributed by atoms with Gasteiger partial charge in [-0.25, -0.2) is 9.97 Å². The molecule has 0 aliphatic heterocycles. The highest BCUT2D eigenvalue weighted by Gasteiger charge is 2.20. The molecule has 23 heavy (non-hydrogen) atoms. The van der Waals surface area contributed by atoms with Crippen molar-refractivity contribution < 1.29 is 5.11 Å². The second kappa shape index (κ2) is 4.70. The highest BCUT2D eigenvalue weighted by Crippen LogP contribution is 2.34. The number of nitrogen functional groups attached to an aromatic ring is 1. The van der Waals surface area contributed by atoms with E-state index >= 15 is 0 Å². The van der Waals surface area contributed by atoms with Crippen LogP contribution in [0, 0.1) is 0 Å². The van der Waals surface area contributed by atoms with Gasteiger partial charge < -0.3 is 15.8 Å². The van der Waals surface area contributed by atoms with Crippen LogP contribution in [0.25, 0.3) is 33.3 Å². The molecule has 4 aromatic rings. The molecule has 0 fully saturated rings. The molecule has 7 nitrogen and oxygen atoms in total. The Morgan fingerprint density at radius 3 is 2.83 bits per heavy atom. The number of phenols is 1. The fourth-order valence-corrected chi connectivity index (χ4v) is 2.84. The molecule has 1 aromatic carbocycles. The molecule has 0 amide bonds. The van der Waals surface area contributed by atoms with E-state index in [0.717, 1.165) is 27.7 Å². The summed E-state index contributed by atoms with van der Waals surface area (Å²) in [6, 6.07) is 7.31. The van der Waals surface area contributed by atoms with E-state index in [4.69, 9.17) is 5.73 Å². The van der Waals surface area contributed by atoms with E-state index in [1.54, 1.807) is 12.1 Å². The third-order valence-corrected chi connectivity index (χ3v) is 3.87. The number of aromatic amines is 1. The maximum atomic E-state index is 9.66. The van der Waals surface area contributed by atoms with E-state index < -0.39 is 0 Å². The van der Waals surface area contributed by atoms with Crippen molar-refractivity contribution in [2.75, 3.05) is 5.73 Å². The van der Waals surface area contributed by atoms with Gasteiger partial charge in [-0.15, -0.1) is 0 Å².